The average Bonchev–Trinajstić information content (AvgIpc) is 2.27. The monoisotopic (exact) mass is 249 g/mol. The van der Waals surface area contributed by atoms with Crippen molar-refractivity contribution in [3.63, 3.8) is 0 Å². The van der Waals surface area contributed by atoms with Gasteiger partial charge < -0.3 is 15.1 Å². The summed E-state index contributed by atoms with van der Waals surface area (Å²) in [4.78, 5) is 2.31. The molecule has 3 heteroatoms. The van der Waals surface area contributed by atoms with Crippen LogP contribution in [0.3, 0.4) is 0 Å². The second-order valence-electron chi connectivity index (χ2n) is 6.11. The molecule has 0 amide bonds. The highest BCUT2D eigenvalue weighted by Crippen LogP contribution is 2.34. The Morgan fingerprint density at radius 1 is 1.33 bits per heavy atom. The van der Waals surface area contributed by atoms with Gasteiger partial charge in [-0.3, -0.25) is 0 Å². The van der Waals surface area contributed by atoms with E-state index in [2.05, 4.69) is 18.7 Å². The number of aliphatic hydroxyl groups is 1. The molecule has 100 valence electrons. The fourth-order valence-electron chi connectivity index (χ4n) is 2.73. The number of nitrogens with zero attached hydrogens (tertiary/aromatic N) is 1. The van der Waals surface area contributed by atoms with Crippen molar-refractivity contribution in [2.75, 3.05) is 18.0 Å². The molecule has 1 aromatic carbocycles. The van der Waals surface area contributed by atoms with Crippen LogP contribution in [0.15, 0.2) is 18.2 Å². The maximum Gasteiger partial charge on any atom is 0.123 e. The molecule has 0 bridgehead atoms. The van der Waals surface area contributed by atoms with E-state index in [9.17, 15) is 10.2 Å². The van der Waals surface area contributed by atoms with E-state index in [0.29, 0.717) is 11.0 Å². The molecule has 2 rings (SSSR count). The number of hydrogen-bond acceptors (Lipinski definition) is 3. The van der Waals surface area contributed by atoms with Gasteiger partial charge in [-0.1, -0.05) is 19.9 Å². The molecule has 0 radical (unpaired) electrons. The fraction of sp³-hybridized carbons (Fsp3) is 0.600. The second-order valence-corrected chi connectivity index (χ2v) is 6.11. The molecule has 1 fully saturated rings. The van der Waals surface area contributed by atoms with Gasteiger partial charge in [0, 0.05) is 30.4 Å². The Kier molecular flexibility index (Phi) is 3.53. The van der Waals surface area contributed by atoms with Gasteiger partial charge in [0.25, 0.3) is 0 Å². The molecule has 1 unspecified atom stereocenters. The first-order valence-electron chi connectivity index (χ1n) is 6.65. The predicted octanol–water partition coefficient (Wildman–Crippen LogP) is 3.07. The molecule has 1 aliphatic heterocycles. The molecule has 18 heavy (non-hydrogen) atoms. The van der Waals surface area contributed by atoms with Crippen LogP contribution in [0.4, 0.5) is 5.69 Å². The largest absolute Gasteiger partial charge is 0.507 e. The SMILES string of the molecule is CC(O)c1ccc(N2CCCC(C)(C)C2)cc1O. The maximum atomic E-state index is 9.94. The van der Waals surface area contributed by atoms with E-state index < -0.39 is 6.10 Å². The summed E-state index contributed by atoms with van der Waals surface area (Å²) < 4.78 is 0. The van der Waals surface area contributed by atoms with E-state index >= 15 is 0 Å². The fourth-order valence-corrected chi connectivity index (χ4v) is 2.73. The zero-order valence-electron chi connectivity index (χ0n) is 11.5. The number of phenolic OH excluding ortho intramolecular Hbond substituents is 1. The lowest BCUT2D eigenvalue weighted by atomic mass is 9.84. The third kappa shape index (κ3) is 2.78. The summed E-state index contributed by atoms with van der Waals surface area (Å²) in [6.07, 6.45) is 1.81. The zero-order valence-corrected chi connectivity index (χ0v) is 11.5. The van der Waals surface area contributed by atoms with Crippen LogP contribution >= 0.6 is 0 Å². The van der Waals surface area contributed by atoms with E-state index in [1.165, 1.54) is 12.8 Å². The van der Waals surface area contributed by atoms with Gasteiger partial charge in [-0.15, -0.1) is 0 Å². The predicted molar refractivity (Wildman–Crippen MR) is 74.0 cm³/mol. The minimum atomic E-state index is -0.628. The summed E-state index contributed by atoms with van der Waals surface area (Å²) in [5.41, 5.74) is 1.97. The molecule has 2 N–H and O–H groups in total. The van der Waals surface area contributed by atoms with Gasteiger partial charge in [-0.2, -0.15) is 0 Å². The normalized spacial score (nSPS) is 20.8. The molecule has 0 saturated carbocycles. The number of anilines is 1. The summed E-state index contributed by atoms with van der Waals surface area (Å²) in [6.45, 7) is 8.28. The second kappa shape index (κ2) is 4.81. The third-order valence-corrected chi connectivity index (χ3v) is 3.73. The van der Waals surface area contributed by atoms with Crippen LogP contribution in [0.25, 0.3) is 0 Å². The summed E-state index contributed by atoms with van der Waals surface area (Å²) >= 11 is 0. The molecule has 1 atom stereocenters. The Bertz CT molecular complexity index is 427. The molecular weight excluding hydrogens is 226 g/mol. The van der Waals surface area contributed by atoms with Gasteiger partial charge in [-0.25, -0.2) is 0 Å². The van der Waals surface area contributed by atoms with E-state index in [4.69, 9.17) is 0 Å². The number of phenols is 1. The van der Waals surface area contributed by atoms with Crippen LogP contribution in [0.2, 0.25) is 0 Å². The molecule has 1 aliphatic rings. The summed E-state index contributed by atoms with van der Waals surface area (Å²) in [5.74, 6) is 0.186. The summed E-state index contributed by atoms with van der Waals surface area (Å²) in [6, 6.07) is 5.57. The number of rotatable bonds is 2. The van der Waals surface area contributed by atoms with Crippen molar-refractivity contribution in [1.29, 1.82) is 0 Å². The molecule has 1 saturated heterocycles. The van der Waals surface area contributed by atoms with E-state index in [1.807, 2.05) is 12.1 Å². The standard InChI is InChI=1S/C15H23NO2/c1-11(17)13-6-5-12(9-14(13)18)16-8-4-7-15(2,3)10-16/h5-6,9,11,17-18H,4,7-8,10H2,1-3H3. The van der Waals surface area contributed by atoms with E-state index in [-0.39, 0.29) is 5.75 Å². The van der Waals surface area contributed by atoms with E-state index in [1.54, 1.807) is 13.0 Å². The molecule has 0 aromatic heterocycles. The van der Waals surface area contributed by atoms with Crippen LogP contribution in [-0.4, -0.2) is 23.3 Å². The highest BCUT2D eigenvalue weighted by Gasteiger charge is 2.26. The summed E-state index contributed by atoms with van der Waals surface area (Å²) in [5, 5.41) is 19.5. The van der Waals surface area contributed by atoms with Crippen molar-refractivity contribution in [2.24, 2.45) is 5.41 Å². The smallest absolute Gasteiger partial charge is 0.123 e. The highest BCUT2D eigenvalue weighted by atomic mass is 16.3. The van der Waals surface area contributed by atoms with Gasteiger partial charge in [0.1, 0.15) is 5.75 Å². The Morgan fingerprint density at radius 2 is 2.06 bits per heavy atom. The van der Waals surface area contributed by atoms with Crippen molar-refractivity contribution in [2.45, 2.75) is 39.7 Å². The minimum Gasteiger partial charge on any atom is -0.507 e. The molecule has 1 heterocycles. The van der Waals surface area contributed by atoms with Crippen molar-refractivity contribution in [1.82, 2.24) is 0 Å². The van der Waals surface area contributed by atoms with Gasteiger partial charge in [0.2, 0.25) is 0 Å². The average molecular weight is 249 g/mol. The molecule has 3 nitrogen and oxygen atoms in total. The Hall–Kier alpha value is -1.22. The van der Waals surface area contributed by atoms with Gasteiger partial charge in [0.15, 0.2) is 0 Å². The van der Waals surface area contributed by atoms with Crippen LogP contribution in [0.5, 0.6) is 5.75 Å². The molecule has 0 aliphatic carbocycles. The van der Waals surface area contributed by atoms with Crippen LogP contribution in [0.1, 0.15) is 45.3 Å². The van der Waals surface area contributed by atoms with Crippen molar-refractivity contribution in [3.8, 4) is 5.75 Å². The van der Waals surface area contributed by atoms with Crippen LogP contribution < -0.4 is 4.90 Å². The number of benzene rings is 1. The van der Waals surface area contributed by atoms with Gasteiger partial charge in [0.05, 0.1) is 6.10 Å². The lowest BCUT2D eigenvalue weighted by Crippen LogP contribution is -2.40. The maximum absolute atomic E-state index is 9.94. The number of piperidine rings is 1. The summed E-state index contributed by atoms with van der Waals surface area (Å²) in [7, 11) is 0. The zero-order chi connectivity index (χ0) is 13.3. The minimum absolute atomic E-state index is 0.186. The molecule has 0 spiro atoms. The molecule has 1 aromatic rings. The van der Waals surface area contributed by atoms with Crippen LogP contribution in [0, 0.1) is 5.41 Å². The number of hydrogen-bond donors (Lipinski definition) is 2. The van der Waals surface area contributed by atoms with Crippen molar-refractivity contribution < 1.29 is 10.2 Å². The first kappa shape index (κ1) is 13.2. The topological polar surface area (TPSA) is 43.7 Å². The van der Waals surface area contributed by atoms with E-state index in [0.717, 1.165) is 18.8 Å². The Morgan fingerprint density at radius 3 is 2.61 bits per heavy atom. The highest BCUT2D eigenvalue weighted by molar-refractivity contribution is 5.54. The first-order chi connectivity index (χ1) is 8.39. The Balaban J connectivity index is 2.21. The first-order valence-corrected chi connectivity index (χ1v) is 6.65. The lowest BCUT2D eigenvalue weighted by Gasteiger charge is -2.39. The van der Waals surface area contributed by atoms with Crippen molar-refractivity contribution in [3.05, 3.63) is 23.8 Å². The number of aliphatic hydroxyl groups excluding tert-OH is 1. The Labute approximate surface area is 109 Å². The van der Waals surface area contributed by atoms with Crippen LogP contribution in [-0.2, 0) is 0 Å². The lowest BCUT2D eigenvalue weighted by molar-refractivity contribution is 0.195. The van der Waals surface area contributed by atoms with Gasteiger partial charge in [-0.05, 0) is 31.2 Å². The van der Waals surface area contributed by atoms with Gasteiger partial charge >= 0.3 is 0 Å². The molecular formula is C15H23NO2. The van der Waals surface area contributed by atoms with Crippen molar-refractivity contribution >= 4 is 5.69 Å². The number of aromatic hydroxyl groups is 1. The quantitative estimate of drug-likeness (QED) is 0.846. The third-order valence-electron chi connectivity index (χ3n) is 3.73.